The van der Waals surface area contributed by atoms with Gasteiger partial charge >= 0.3 is 0 Å². The van der Waals surface area contributed by atoms with Crippen LogP contribution in [0.5, 0.6) is 0 Å². The molecule has 0 fully saturated rings. The van der Waals surface area contributed by atoms with Gasteiger partial charge in [0.25, 0.3) is 0 Å². The number of aliphatic hydroxyl groups is 1. The maximum absolute atomic E-state index is 13.1. The van der Waals surface area contributed by atoms with Crippen LogP contribution in [0, 0.1) is 25.5 Å². The van der Waals surface area contributed by atoms with E-state index in [1.807, 2.05) is 32.0 Å². The van der Waals surface area contributed by atoms with Crippen molar-refractivity contribution in [3.63, 3.8) is 0 Å². The molecule has 1 nitrogen and oxygen atoms in total. The molecule has 0 radical (unpaired) electrons. The molecule has 0 aliphatic rings. The Balaban J connectivity index is 2.25. The summed E-state index contributed by atoms with van der Waals surface area (Å²) in [5, 5.41) is 10.2. The summed E-state index contributed by atoms with van der Waals surface area (Å²) in [7, 11) is 0. The maximum atomic E-state index is 13.1. The second-order valence-corrected chi connectivity index (χ2v) is 4.79. The minimum absolute atomic E-state index is 0.193. The summed E-state index contributed by atoms with van der Waals surface area (Å²) in [6, 6.07) is 8.99. The summed E-state index contributed by atoms with van der Waals surface area (Å²) >= 11 is 0. The van der Waals surface area contributed by atoms with Gasteiger partial charge in [0, 0.05) is 12.5 Å². The van der Waals surface area contributed by atoms with E-state index in [2.05, 4.69) is 0 Å². The quantitative estimate of drug-likeness (QED) is 0.890. The number of hydrogen-bond acceptors (Lipinski definition) is 1. The molecule has 19 heavy (non-hydrogen) atoms. The summed E-state index contributed by atoms with van der Waals surface area (Å²) < 4.78 is 26.2. The topological polar surface area (TPSA) is 20.2 Å². The molecule has 1 N–H and O–H groups in total. The van der Waals surface area contributed by atoms with Crippen LogP contribution in [0.2, 0.25) is 0 Å². The van der Waals surface area contributed by atoms with Crippen LogP contribution in [0.25, 0.3) is 0 Å². The molecule has 0 aliphatic heterocycles. The molecule has 0 bridgehead atoms. The van der Waals surface area contributed by atoms with Crippen LogP contribution in [0.1, 0.15) is 28.4 Å². The highest BCUT2D eigenvalue weighted by molar-refractivity contribution is 5.35. The number of hydrogen-bond donors (Lipinski definition) is 1. The molecular weight excluding hydrogens is 246 g/mol. The summed E-state index contributed by atoms with van der Waals surface area (Å²) in [4.78, 5) is 0. The van der Waals surface area contributed by atoms with Crippen molar-refractivity contribution >= 4 is 0 Å². The van der Waals surface area contributed by atoms with E-state index >= 15 is 0 Å². The molecule has 0 aromatic heterocycles. The number of halogens is 2. The predicted octanol–water partition coefficient (Wildman–Crippen LogP) is 3.86. The van der Waals surface area contributed by atoms with Crippen molar-refractivity contribution in [3.05, 3.63) is 70.3 Å². The van der Waals surface area contributed by atoms with Crippen LogP contribution in [0.4, 0.5) is 8.78 Å². The monoisotopic (exact) mass is 262 g/mol. The second-order valence-electron chi connectivity index (χ2n) is 4.79. The lowest BCUT2D eigenvalue weighted by molar-refractivity contribution is 0.177. The fourth-order valence-electron chi connectivity index (χ4n) is 2.20. The highest BCUT2D eigenvalue weighted by Crippen LogP contribution is 2.24. The Kier molecular flexibility index (Phi) is 3.96. The lowest BCUT2D eigenvalue weighted by Gasteiger charge is -2.15. The molecule has 2 rings (SSSR count). The van der Waals surface area contributed by atoms with Gasteiger partial charge in [0.05, 0.1) is 6.10 Å². The molecular formula is C16H16F2O. The Morgan fingerprint density at radius 1 is 1.05 bits per heavy atom. The zero-order chi connectivity index (χ0) is 14.0. The van der Waals surface area contributed by atoms with Gasteiger partial charge in [-0.1, -0.05) is 18.2 Å². The van der Waals surface area contributed by atoms with Crippen LogP contribution in [0.15, 0.2) is 36.4 Å². The van der Waals surface area contributed by atoms with Crippen molar-refractivity contribution in [1.29, 1.82) is 0 Å². The highest BCUT2D eigenvalue weighted by Gasteiger charge is 2.13. The minimum atomic E-state index is -0.763. The molecule has 0 saturated heterocycles. The standard InChI is InChI=1S/C16H16F2O/c1-10-4-3-5-15(11(10)2)16(19)8-12-6-13(17)9-14(18)7-12/h3-7,9,16,19H,8H2,1-2H3. The first-order valence-electron chi connectivity index (χ1n) is 6.16. The fourth-order valence-corrected chi connectivity index (χ4v) is 2.20. The van der Waals surface area contributed by atoms with Crippen LogP contribution < -0.4 is 0 Å². The molecule has 0 aliphatic carbocycles. The lowest BCUT2D eigenvalue weighted by atomic mass is 9.95. The number of benzene rings is 2. The van der Waals surface area contributed by atoms with E-state index in [1.54, 1.807) is 0 Å². The Morgan fingerprint density at radius 2 is 1.68 bits per heavy atom. The molecule has 2 aromatic rings. The SMILES string of the molecule is Cc1cccc(C(O)Cc2cc(F)cc(F)c2)c1C. The maximum Gasteiger partial charge on any atom is 0.126 e. The Bertz CT molecular complexity index is 573. The molecule has 0 heterocycles. The van der Waals surface area contributed by atoms with Crippen molar-refractivity contribution in [2.24, 2.45) is 0 Å². The highest BCUT2D eigenvalue weighted by atomic mass is 19.1. The number of aryl methyl sites for hydroxylation is 1. The first-order valence-corrected chi connectivity index (χ1v) is 6.16. The molecule has 0 saturated carbocycles. The zero-order valence-electron chi connectivity index (χ0n) is 11.0. The Morgan fingerprint density at radius 3 is 2.32 bits per heavy atom. The zero-order valence-corrected chi connectivity index (χ0v) is 11.0. The molecule has 0 amide bonds. The Labute approximate surface area is 111 Å². The minimum Gasteiger partial charge on any atom is -0.388 e. The molecule has 1 unspecified atom stereocenters. The molecule has 100 valence electrons. The summed E-state index contributed by atoms with van der Waals surface area (Å²) in [6.45, 7) is 3.90. The Hall–Kier alpha value is -1.74. The van der Waals surface area contributed by atoms with Gasteiger partial charge in [-0.3, -0.25) is 0 Å². The van der Waals surface area contributed by atoms with Gasteiger partial charge in [0.1, 0.15) is 11.6 Å². The van der Waals surface area contributed by atoms with Crippen molar-refractivity contribution in [1.82, 2.24) is 0 Å². The van der Waals surface area contributed by atoms with Crippen LogP contribution in [-0.2, 0) is 6.42 Å². The summed E-state index contributed by atoms with van der Waals surface area (Å²) in [6.07, 6.45) is -0.569. The third-order valence-electron chi connectivity index (χ3n) is 3.36. The summed E-state index contributed by atoms with van der Waals surface area (Å²) in [5.74, 6) is -1.24. The first-order chi connectivity index (χ1) is 8.97. The summed E-state index contributed by atoms with van der Waals surface area (Å²) in [5.41, 5.74) is 3.34. The van der Waals surface area contributed by atoms with E-state index in [4.69, 9.17) is 0 Å². The average molecular weight is 262 g/mol. The lowest BCUT2D eigenvalue weighted by Crippen LogP contribution is -2.05. The molecule has 2 aromatic carbocycles. The van der Waals surface area contributed by atoms with Gasteiger partial charge < -0.3 is 5.11 Å². The van der Waals surface area contributed by atoms with Gasteiger partial charge in [-0.25, -0.2) is 8.78 Å². The van der Waals surface area contributed by atoms with E-state index in [9.17, 15) is 13.9 Å². The van der Waals surface area contributed by atoms with E-state index < -0.39 is 17.7 Å². The van der Waals surface area contributed by atoms with Gasteiger partial charge in [-0.2, -0.15) is 0 Å². The van der Waals surface area contributed by atoms with Gasteiger partial charge in [-0.05, 0) is 48.2 Å². The number of aliphatic hydroxyl groups excluding tert-OH is 1. The van der Waals surface area contributed by atoms with Crippen molar-refractivity contribution < 1.29 is 13.9 Å². The van der Waals surface area contributed by atoms with Gasteiger partial charge in [0.2, 0.25) is 0 Å². The molecule has 0 spiro atoms. The smallest absolute Gasteiger partial charge is 0.126 e. The van der Waals surface area contributed by atoms with Gasteiger partial charge in [0.15, 0.2) is 0 Å². The van der Waals surface area contributed by atoms with Crippen molar-refractivity contribution in [2.45, 2.75) is 26.4 Å². The van der Waals surface area contributed by atoms with E-state index in [0.29, 0.717) is 5.56 Å². The largest absolute Gasteiger partial charge is 0.388 e. The third kappa shape index (κ3) is 3.18. The van der Waals surface area contributed by atoms with Crippen LogP contribution >= 0.6 is 0 Å². The van der Waals surface area contributed by atoms with E-state index in [-0.39, 0.29) is 6.42 Å². The third-order valence-corrected chi connectivity index (χ3v) is 3.36. The molecule has 1 atom stereocenters. The first kappa shape index (κ1) is 13.7. The van der Waals surface area contributed by atoms with Crippen molar-refractivity contribution in [3.8, 4) is 0 Å². The van der Waals surface area contributed by atoms with E-state index in [1.165, 1.54) is 12.1 Å². The predicted molar refractivity (Wildman–Crippen MR) is 70.9 cm³/mol. The van der Waals surface area contributed by atoms with Gasteiger partial charge in [-0.15, -0.1) is 0 Å². The normalized spacial score (nSPS) is 12.5. The number of rotatable bonds is 3. The second kappa shape index (κ2) is 5.49. The van der Waals surface area contributed by atoms with Crippen LogP contribution in [0.3, 0.4) is 0 Å². The van der Waals surface area contributed by atoms with Crippen molar-refractivity contribution in [2.75, 3.05) is 0 Å². The fraction of sp³-hybridized carbons (Fsp3) is 0.250. The van der Waals surface area contributed by atoms with Crippen LogP contribution in [-0.4, -0.2) is 5.11 Å². The molecule has 3 heteroatoms. The van der Waals surface area contributed by atoms with E-state index in [0.717, 1.165) is 22.8 Å². The average Bonchev–Trinajstić information content (AvgIpc) is 2.31.